The Labute approximate surface area is 150 Å². The number of carbonyl (C=O) groups excluding carboxylic acids is 1. The summed E-state index contributed by atoms with van der Waals surface area (Å²) in [7, 11) is 0. The van der Waals surface area contributed by atoms with E-state index in [0.717, 1.165) is 29.2 Å². The Bertz CT molecular complexity index is 866. The molecule has 134 valence electrons. The Kier molecular flexibility index (Phi) is 4.66. The van der Waals surface area contributed by atoms with Gasteiger partial charge in [0.05, 0.1) is 0 Å². The fourth-order valence-electron chi connectivity index (χ4n) is 2.88. The minimum Gasteiger partial charge on any atom is -0.320 e. The minimum atomic E-state index is -0.883. The van der Waals surface area contributed by atoms with Crippen molar-refractivity contribution >= 4 is 17.2 Å². The summed E-state index contributed by atoms with van der Waals surface area (Å²) in [5.74, 6) is -2.04. The third kappa shape index (κ3) is 3.73. The second-order valence-corrected chi connectivity index (χ2v) is 8.59. The monoisotopic (exact) mass is 364 g/mol. The van der Waals surface area contributed by atoms with Crippen molar-refractivity contribution in [2.45, 2.75) is 52.5 Å². The van der Waals surface area contributed by atoms with E-state index in [0.29, 0.717) is 10.7 Å². The van der Waals surface area contributed by atoms with Crippen molar-refractivity contribution in [2.24, 2.45) is 10.9 Å². The molecule has 1 heterocycles. The first-order chi connectivity index (χ1) is 11.7. The normalized spacial score (nSPS) is 15.7. The summed E-state index contributed by atoms with van der Waals surface area (Å²) < 4.78 is 29.8. The van der Waals surface area contributed by atoms with Gasteiger partial charge in [0.1, 0.15) is 17.2 Å². The summed E-state index contributed by atoms with van der Waals surface area (Å²) in [5, 5.41) is 0. The SMILES string of the molecule is Cc1c(C(C)(C)C)s/c(=N\C(=O)c2c(F)cccc2F)n1CC1CC1. The Morgan fingerprint density at radius 2 is 1.88 bits per heavy atom. The molecule has 1 aliphatic carbocycles. The van der Waals surface area contributed by atoms with E-state index in [1.54, 1.807) is 0 Å². The number of hydrogen-bond donors (Lipinski definition) is 0. The maximum absolute atomic E-state index is 13.9. The standard InChI is InChI=1S/C19H22F2N2OS/c1-11-16(19(2,3)4)25-18(23(11)10-12-8-9-12)22-17(24)15-13(20)6-5-7-14(15)21/h5-7,12H,8-10H2,1-4H3/b22-18-. The lowest BCUT2D eigenvalue weighted by Gasteiger charge is -2.17. The number of carbonyl (C=O) groups is 1. The third-order valence-corrected chi connectivity index (χ3v) is 5.96. The van der Waals surface area contributed by atoms with Crippen LogP contribution in [0.15, 0.2) is 23.2 Å². The Morgan fingerprint density at radius 1 is 1.28 bits per heavy atom. The molecule has 0 spiro atoms. The number of benzene rings is 1. The van der Waals surface area contributed by atoms with Gasteiger partial charge in [0.25, 0.3) is 5.91 Å². The predicted molar refractivity (Wildman–Crippen MR) is 94.7 cm³/mol. The highest BCUT2D eigenvalue weighted by Gasteiger charge is 2.27. The van der Waals surface area contributed by atoms with Crippen LogP contribution in [0.4, 0.5) is 8.78 Å². The number of thiazole rings is 1. The highest BCUT2D eigenvalue weighted by Crippen LogP contribution is 2.33. The van der Waals surface area contributed by atoms with Crippen LogP contribution in [0.2, 0.25) is 0 Å². The molecule has 6 heteroatoms. The molecule has 2 aromatic rings. The van der Waals surface area contributed by atoms with Gasteiger partial charge in [-0.25, -0.2) is 8.78 Å². The van der Waals surface area contributed by atoms with Crippen molar-refractivity contribution in [3.8, 4) is 0 Å². The average Bonchev–Trinajstić information content (AvgIpc) is 3.25. The molecule has 3 nitrogen and oxygen atoms in total. The number of halogens is 2. The molecule has 1 aromatic carbocycles. The fraction of sp³-hybridized carbons (Fsp3) is 0.474. The average molecular weight is 364 g/mol. The summed E-state index contributed by atoms with van der Waals surface area (Å²) in [4.78, 5) is 18.2. The Balaban J connectivity index is 2.11. The maximum Gasteiger partial charge on any atom is 0.285 e. The zero-order valence-corrected chi connectivity index (χ0v) is 15.7. The molecule has 0 unspecified atom stereocenters. The molecule has 1 amide bonds. The maximum atomic E-state index is 13.9. The van der Waals surface area contributed by atoms with Crippen LogP contribution in [0.25, 0.3) is 0 Å². The molecule has 25 heavy (non-hydrogen) atoms. The van der Waals surface area contributed by atoms with Gasteiger partial charge in [-0.15, -0.1) is 11.3 Å². The Morgan fingerprint density at radius 3 is 2.40 bits per heavy atom. The van der Waals surface area contributed by atoms with E-state index in [-0.39, 0.29) is 5.41 Å². The van der Waals surface area contributed by atoms with Crippen molar-refractivity contribution in [1.29, 1.82) is 0 Å². The van der Waals surface area contributed by atoms with Crippen molar-refractivity contribution < 1.29 is 13.6 Å². The van der Waals surface area contributed by atoms with Crippen LogP contribution in [-0.4, -0.2) is 10.5 Å². The summed E-state index contributed by atoms with van der Waals surface area (Å²) in [6.07, 6.45) is 2.34. The number of rotatable bonds is 3. The van der Waals surface area contributed by atoms with E-state index in [1.165, 1.54) is 30.2 Å². The first-order valence-corrected chi connectivity index (χ1v) is 9.24. The molecule has 0 atom stereocenters. The molecule has 0 saturated heterocycles. The van der Waals surface area contributed by atoms with Crippen LogP contribution in [0.1, 0.15) is 54.5 Å². The molecule has 1 fully saturated rings. The van der Waals surface area contributed by atoms with Gasteiger partial charge in [-0.3, -0.25) is 4.79 Å². The van der Waals surface area contributed by atoms with Crippen LogP contribution in [-0.2, 0) is 12.0 Å². The summed E-state index contributed by atoms with van der Waals surface area (Å²) >= 11 is 1.43. The molecule has 0 radical (unpaired) electrons. The molecule has 0 bridgehead atoms. The molecule has 1 aliphatic rings. The molecule has 0 aliphatic heterocycles. The second kappa shape index (κ2) is 6.48. The molecular formula is C19H22F2N2OS. The van der Waals surface area contributed by atoms with Crippen LogP contribution in [0.5, 0.6) is 0 Å². The topological polar surface area (TPSA) is 34.4 Å². The first-order valence-electron chi connectivity index (χ1n) is 8.42. The quantitative estimate of drug-likeness (QED) is 0.785. The third-order valence-electron chi connectivity index (χ3n) is 4.35. The van der Waals surface area contributed by atoms with Crippen LogP contribution >= 0.6 is 11.3 Å². The summed E-state index contributed by atoms with van der Waals surface area (Å²) in [5.41, 5.74) is 0.397. The number of nitrogens with zero attached hydrogens (tertiary/aromatic N) is 2. The summed E-state index contributed by atoms with van der Waals surface area (Å²) in [6.45, 7) is 9.14. The predicted octanol–water partition coefficient (Wildman–Crippen LogP) is 4.58. The number of aromatic nitrogens is 1. The highest BCUT2D eigenvalue weighted by atomic mass is 32.1. The molecule has 3 rings (SSSR count). The Hall–Kier alpha value is -1.82. The zero-order chi connectivity index (χ0) is 18.4. The van der Waals surface area contributed by atoms with E-state index in [1.807, 2.05) is 11.5 Å². The molecule has 0 N–H and O–H groups in total. The van der Waals surface area contributed by atoms with Crippen molar-refractivity contribution in [3.05, 3.63) is 50.8 Å². The van der Waals surface area contributed by atoms with E-state index < -0.39 is 23.1 Å². The largest absolute Gasteiger partial charge is 0.320 e. The van der Waals surface area contributed by atoms with E-state index in [2.05, 4.69) is 25.8 Å². The number of amides is 1. The minimum absolute atomic E-state index is 0.0832. The van der Waals surface area contributed by atoms with E-state index >= 15 is 0 Å². The van der Waals surface area contributed by atoms with Crippen LogP contribution < -0.4 is 4.80 Å². The van der Waals surface area contributed by atoms with Gasteiger partial charge in [-0.1, -0.05) is 26.8 Å². The van der Waals surface area contributed by atoms with Gasteiger partial charge in [0.2, 0.25) is 0 Å². The first kappa shape index (κ1) is 18.0. The van der Waals surface area contributed by atoms with Crippen LogP contribution in [0, 0.1) is 24.5 Å². The van der Waals surface area contributed by atoms with Crippen molar-refractivity contribution in [1.82, 2.24) is 4.57 Å². The van der Waals surface area contributed by atoms with Crippen molar-refractivity contribution in [3.63, 3.8) is 0 Å². The van der Waals surface area contributed by atoms with Gasteiger partial charge in [0, 0.05) is 17.1 Å². The highest BCUT2D eigenvalue weighted by molar-refractivity contribution is 7.09. The second-order valence-electron chi connectivity index (χ2n) is 7.62. The molecule has 1 saturated carbocycles. The van der Waals surface area contributed by atoms with Gasteiger partial charge < -0.3 is 4.57 Å². The van der Waals surface area contributed by atoms with Gasteiger partial charge in [0.15, 0.2) is 4.80 Å². The van der Waals surface area contributed by atoms with Crippen molar-refractivity contribution in [2.75, 3.05) is 0 Å². The smallest absolute Gasteiger partial charge is 0.285 e. The fourth-order valence-corrected chi connectivity index (χ4v) is 4.08. The van der Waals surface area contributed by atoms with Gasteiger partial charge >= 0.3 is 0 Å². The van der Waals surface area contributed by atoms with Crippen LogP contribution in [0.3, 0.4) is 0 Å². The molecule has 1 aromatic heterocycles. The van der Waals surface area contributed by atoms with Gasteiger partial charge in [-0.05, 0) is 43.2 Å². The number of hydrogen-bond acceptors (Lipinski definition) is 2. The lowest BCUT2D eigenvalue weighted by atomic mass is 9.93. The zero-order valence-electron chi connectivity index (χ0n) is 14.9. The lowest BCUT2D eigenvalue weighted by Crippen LogP contribution is -2.20. The van der Waals surface area contributed by atoms with E-state index in [4.69, 9.17) is 0 Å². The van der Waals surface area contributed by atoms with E-state index in [9.17, 15) is 13.6 Å². The molecular weight excluding hydrogens is 342 g/mol. The van der Waals surface area contributed by atoms with Gasteiger partial charge in [-0.2, -0.15) is 4.99 Å². The summed E-state index contributed by atoms with van der Waals surface area (Å²) in [6, 6.07) is 3.39. The lowest BCUT2D eigenvalue weighted by molar-refractivity contribution is 0.0989.